The van der Waals surface area contributed by atoms with Crippen LogP contribution in [0.2, 0.25) is 0 Å². The maximum absolute atomic E-state index is 13.3. The molecule has 2 unspecified atom stereocenters. The SMILES string of the molecule is CCCCNC(=O)C1CSC(C2CCCCC2)N1C(=O)c1ccc(F)cc1. The van der Waals surface area contributed by atoms with Gasteiger partial charge in [0.05, 0.1) is 5.37 Å². The number of nitrogens with one attached hydrogen (secondary N) is 1. The first-order valence-corrected chi connectivity index (χ1v) is 11.1. The highest BCUT2D eigenvalue weighted by atomic mass is 32.2. The Morgan fingerprint density at radius 2 is 1.89 bits per heavy atom. The summed E-state index contributed by atoms with van der Waals surface area (Å²) < 4.78 is 13.3. The highest BCUT2D eigenvalue weighted by Crippen LogP contribution is 2.41. The van der Waals surface area contributed by atoms with E-state index in [1.54, 1.807) is 16.7 Å². The first-order chi connectivity index (χ1) is 13.1. The number of amides is 2. The van der Waals surface area contributed by atoms with Crippen LogP contribution in [-0.2, 0) is 4.79 Å². The Kier molecular flexibility index (Phi) is 7.16. The number of benzene rings is 1. The average Bonchev–Trinajstić information content (AvgIpc) is 3.14. The van der Waals surface area contributed by atoms with E-state index in [2.05, 4.69) is 12.2 Å². The second-order valence-corrected chi connectivity index (χ2v) is 8.65. The molecule has 1 aliphatic heterocycles. The summed E-state index contributed by atoms with van der Waals surface area (Å²) in [5.41, 5.74) is 0.450. The molecule has 1 aromatic rings. The number of carbonyl (C=O) groups excluding carboxylic acids is 2. The molecule has 2 atom stereocenters. The van der Waals surface area contributed by atoms with Crippen molar-refractivity contribution in [2.24, 2.45) is 5.92 Å². The lowest BCUT2D eigenvalue weighted by Gasteiger charge is -2.35. The lowest BCUT2D eigenvalue weighted by Crippen LogP contribution is -2.51. The van der Waals surface area contributed by atoms with Crippen molar-refractivity contribution in [1.82, 2.24) is 10.2 Å². The highest BCUT2D eigenvalue weighted by Gasteiger charge is 2.45. The third kappa shape index (κ3) is 4.84. The molecule has 148 valence electrons. The van der Waals surface area contributed by atoms with Gasteiger partial charge in [-0.05, 0) is 49.4 Å². The van der Waals surface area contributed by atoms with E-state index >= 15 is 0 Å². The van der Waals surface area contributed by atoms with Crippen LogP contribution in [0.1, 0.15) is 62.2 Å². The quantitative estimate of drug-likeness (QED) is 0.738. The normalized spacial score (nSPS) is 23.4. The molecule has 1 aromatic carbocycles. The summed E-state index contributed by atoms with van der Waals surface area (Å²) in [4.78, 5) is 27.8. The Bertz CT molecular complexity index is 646. The molecule has 4 nitrogen and oxygen atoms in total. The molecular weight excluding hydrogens is 363 g/mol. The number of unbranched alkanes of at least 4 members (excludes halogenated alkanes) is 1. The third-order valence-electron chi connectivity index (χ3n) is 5.55. The summed E-state index contributed by atoms with van der Waals surface area (Å²) in [6, 6.07) is 5.20. The van der Waals surface area contributed by atoms with Crippen molar-refractivity contribution in [2.75, 3.05) is 12.3 Å². The second-order valence-electron chi connectivity index (χ2n) is 7.50. The number of hydrogen-bond donors (Lipinski definition) is 1. The summed E-state index contributed by atoms with van der Waals surface area (Å²) in [5.74, 6) is 0.476. The van der Waals surface area contributed by atoms with Crippen LogP contribution >= 0.6 is 11.8 Å². The zero-order valence-electron chi connectivity index (χ0n) is 16.0. The van der Waals surface area contributed by atoms with Gasteiger partial charge in [0, 0.05) is 17.9 Å². The van der Waals surface area contributed by atoms with Crippen LogP contribution in [0.5, 0.6) is 0 Å². The number of carbonyl (C=O) groups is 2. The van der Waals surface area contributed by atoms with Crippen LogP contribution in [0.3, 0.4) is 0 Å². The van der Waals surface area contributed by atoms with Gasteiger partial charge >= 0.3 is 0 Å². The Morgan fingerprint density at radius 1 is 1.19 bits per heavy atom. The van der Waals surface area contributed by atoms with Crippen LogP contribution in [0.4, 0.5) is 4.39 Å². The van der Waals surface area contributed by atoms with Crippen LogP contribution in [0.15, 0.2) is 24.3 Å². The minimum Gasteiger partial charge on any atom is -0.354 e. The van der Waals surface area contributed by atoms with Gasteiger partial charge in [-0.3, -0.25) is 9.59 Å². The van der Waals surface area contributed by atoms with Gasteiger partial charge in [0.1, 0.15) is 11.9 Å². The van der Waals surface area contributed by atoms with E-state index in [-0.39, 0.29) is 23.0 Å². The van der Waals surface area contributed by atoms with Crippen molar-refractivity contribution in [3.05, 3.63) is 35.6 Å². The molecule has 0 aromatic heterocycles. The van der Waals surface area contributed by atoms with Gasteiger partial charge < -0.3 is 10.2 Å². The molecule has 0 spiro atoms. The second kappa shape index (κ2) is 9.58. The van der Waals surface area contributed by atoms with E-state index < -0.39 is 6.04 Å². The monoisotopic (exact) mass is 392 g/mol. The smallest absolute Gasteiger partial charge is 0.255 e. The topological polar surface area (TPSA) is 49.4 Å². The van der Waals surface area contributed by atoms with Gasteiger partial charge in [-0.25, -0.2) is 4.39 Å². The molecule has 2 aliphatic rings. The van der Waals surface area contributed by atoms with Gasteiger partial charge in [-0.15, -0.1) is 11.8 Å². The molecule has 2 amide bonds. The van der Waals surface area contributed by atoms with Crippen LogP contribution in [0, 0.1) is 11.7 Å². The van der Waals surface area contributed by atoms with E-state index in [0.717, 1.165) is 25.7 Å². The zero-order valence-corrected chi connectivity index (χ0v) is 16.8. The largest absolute Gasteiger partial charge is 0.354 e. The molecule has 0 bridgehead atoms. The fourth-order valence-corrected chi connectivity index (χ4v) is 5.66. The molecule has 27 heavy (non-hydrogen) atoms. The summed E-state index contributed by atoms with van der Waals surface area (Å²) in [7, 11) is 0. The molecule has 1 saturated carbocycles. The van der Waals surface area contributed by atoms with Gasteiger partial charge in [-0.1, -0.05) is 32.6 Å². The van der Waals surface area contributed by atoms with Crippen molar-refractivity contribution in [3.63, 3.8) is 0 Å². The van der Waals surface area contributed by atoms with E-state index in [1.807, 2.05) is 0 Å². The Morgan fingerprint density at radius 3 is 2.56 bits per heavy atom. The summed E-state index contributed by atoms with van der Waals surface area (Å²) in [6.45, 7) is 2.73. The zero-order chi connectivity index (χ0) is 19.2. The van der Waals surface area contributed by atoms with E-state index in [4.69, 9.17) is 0 Å². The van der Waals surface area contributed by atoms with Crippen LogP contribution < -0.4 is 5.32 Å². The first kappa shape index (κ1) is 20.2. The fourth-order valence-electron chi connectivity index (χ4n) is 4.02. The minimum atomic E-state index is -0.448. The van der Waals surface area contributed by atoms with Gasteiger partial charge in [0.25, 0.3) is 5.91 Å². The summed E-state index contributed by atoms with van der Waals surface area (Å²) >= 11 is 1.73. The minimum absolute atomic E-state index is 0.0322. The Hall–Kier alpha value is -1.56. The van der Waals surface area contributed by atoms with Crippen molar-refractivity contribution in [1.29, 1.82) is 0 Å². The summed E-state index contributed by atoms with van der Waals surface area (Å²) in [5, 5.41) is 3.02. The Labute approximate surface area is 165 Å². The molecule has 1 N–H and O–H groups in total. The lowest BCUT2D eigenvalue weighted by molar-refractivity contribution is -0.125. The van der Waals surface area contributed by atoms with Gasteiger partial charge in [-0.2, -0.15) is 0 Å². The van der Waals surface area contributed by atoms with Crippen LogP contribution in [0.25, 0.3) is 0 Å². The molecule has 3 rings (SSSR count). The van der Waals surface area contributed by atoms with Crippen molar-refractivity contribution in [2.45, 2.75) is 63.3 Å². The highest BCUT2D eigenvalue weighted by molar-refractivity contribution is 8.00. The molecule has 1 aliphatic carbocycles. The molecular formula is C21H29FN2O2S. The van der Waals surface area contributed by atoms with E-state index in [9.17, 15) is 14.0 Å². The lowest BCUT2D eigenvalue weighted by atomic mass is 9.88. The predicted octanol–water partition coefficient (Wildman–Crippen LogP) is 4.21. The first-order valence-electron chi connectivity index (χ1n) is 10.1. The molecule has 2 fully saturated rings. The van der Waals surface area contributed by atoms with Crippen molar-refractivity contribution in [3.8, 4) is 0 Å². The maximum Gasteiger partial charge on any atom is 0.255 e. The standard InChI is InChI=1S/C21H29FN2O2S/c1-2-3-13-23-19(25)18-14-27-21(16-7-5-4-6-8-16)24(18)20(26)15-9-11-17(22)12-10-15/h9-12,16,18,21H,2-8,13-14H2,1H3,(H,23,25). The van der Waals surface area contributed by atoms with Gasteiger partial charge in [0.2, 0.25) is 5.91 Å². The number of thioether (sulfide) groups is 1. The van der Waals surface area contributed by atoms with E-state index in [1.165, 1.54) is 43.5 Å². The molecule has 1 saturated heterocycles. The Balaban J connectivity index is 1.80. The number of hydrogen-bond acceptors (Lipinski definition) is 3. The van der Waals surface area contributed by atoms with Crippen molar-refractivity contribution >= 4 is 23.6 Å². The average molecular weight is 393 g/mol. The summed E-state index contributed by atoms with van der Waals surface area (Å²) in [6.07, 6.45) is 7.79. The molecule has 1 heterocycles. The van der Waals surface area contributed by atoms with Crippen LogP contribution in [-0.4, -0.2) is 40.4 Å². The number of nitrogens with zero attached hydrogens (tertiary/aromatic N) is 1. The third-order valence-corrected chi connectivity index (χ3v) is 7.01. The number of halogens is 1. The van der Waals surface area contributed by atoms with Crippen molar-refractivity contribution < 1.29 is 14.0 Å². The predicted molar refractivity (Wildman–Crippen MR) is 107 cm³/mol. The van der Waals surface area contributed by atoms with E-state index in [0.29, 0.717) is 23.8 Å². The molecule has 6 heteroatoms. The molecule has 0 radical (unpaired) electrons. The fraction of sp³-hybridized carbons (Fsp3) is 0.619. The number of rotatable bonds is 6. The van der Waals surface area contributed by atoms with Gasteiger partial charge in [0.15, 0.2) is 0 Å². The maximum atomic E-state index is 13.3.